The number of aliphatic hydroxyl groups excluding tert-OH is 1. The van der Waals surface area contributed by atoms with Crippen LogP contribution in [-0.4, -0.2) is 22.1 Å². The maximum atomic E-state index is 9.94. The van der Waals surface area contributed by atoms with Crippen molar-refractivity contribution in [2.75, 3.05) is 0 Å². The van der Waals surface area contributed by atoms with Gasteiger partial charge in [0, 0.05) is 11.8 Å². The maximum Gasteiger partial charge on any atom is 0.0658 e. The van der Waals surface area contributed by atoms with Gasteiger partial charge in [-0.25, -0.2) is 0 Å². The molecular formula is C10H15NO2. The standard InChI is InChI=1S/C10H15NO2/c12-10-7-2-5-1-6(4-7)9(11-13)8(10)3-5/h5-8,10,12-13H,1-4H2/t5-,6-,7-,8-,10-/m0/s1. The second kappa shape index (κ2) is 2.47. The van der Waals surface area contributed by atoms with Crippen LogP contribution in [0.25, 0.3) is 0 Å². The summed E-state index contributed by atoms with van der Waals surface area (Å²) in [5.74, 6) is 1.95. The van der Waals surface area contributed by atoms with Gasteiger partial charge in [0.05, 0.1) is 11.8 Å². The average molecular weight is 181 g/mol. The molecule has 0 amide bonds. The Morgan fingerprint density at radius 2 is 2.00 bits per heavy atom. The minimum atomic E-state index is -0.223. The summed E-state index contributed by atoms with van der Waals surface area (Å²) in [5, 5.41) is 22.2. The van der Waals surface area contributed by atoms with Gasteiger partial charge in [-0.05, 0) is 37.5 Å². The SMILES string of the molecule is ON=C1[C@H]2C[C@H]3C[C@@H](C2)[C@H](O)[C@H]1C3. The lowest BCUT2D eigenvalue weighted by molar-refractivity contribution is -0.0341. The summed E-state index contributed by atoms with van der Waals surface area (Å²) in [6.45, 7) is 0. The third-order valence-corrected chi connectivity index (χ3v) is 4.24. The van der Waals surface area contributed by atoms with Gasteiger partial charge in [0.15, 0.2) is 0 Å². The molecule has 0 aromatic heterocycles. The van der Waals surface area contributed by atoms with Crippen molar-refractivity contribution in [1.29, 1.82) is 0 Å². The molecule has 0 saturated heterocycles. The van der Waals surface area contributed by atoms with Gasteiger partial charge in [-0.15, -0.1) is 0 Å². The predicted octanol–water partition coefficient (Wildman–Crippen LogP) is 1.24. The summed E-state index contributed by atoms with van der Waals surface area (Å²) in [6.07, 6.45) is 4.27. The average Bonchev–Trinajstić information content (AvgIpc) is 2.13. The van der Waals surface area contributed by atoms with Gasteiger partial charge < -0.3 is 10.3 Å². The van der Waals surface area contributed by atoms with E-state index in [1.807, 2.05) is 0 Å². The monoisotopic (exact) mass is 181 g/mol. The molecule has 0 aliphatic heterocycles. The first-order valence-electron chi connectivity index (χ1n) is 5.19. The molecular weight excluding hydrogens is 166 g/mol. The van der Waals surface area contributed by atoms with Crippen molar-refractivity contribution in [2.24, 2.45) is 28.8 Å². The minimum Gasteiger partial charge on any atom is -0.411 e. The Balaban J connectivity index is 1.98. The van der Waals surface area contributed by atoms with Crippen molar-refractivity contribution in [3.8, 4) is 0 Å². The Kier molecular flexibility index (Phi) is 1.48. The lowest BCUT2D eigenvalue weighted by Gasteiger charge is -2.52. The molecule has 0 radical (unpaired) electrons. The Bertz CT molecular complexity index is 264. The molecule has 5 atom stereocenters. The third kappa shape index (κ3) is 0.909. The lowest BCUT2D eigenvalue weighted by Crippen LogP contribution is -2.53. The van der Waals surface area contributed by atoms with E-state index in [4.69, 9.17) is 5.21 Å². The van der Waals surface area contributed by atoms with E-state index in [1.165, 1.54) is 12.8 Å². The molecule has 0 spiro atoms. The van der Waals surface area contributed by atoms with Gasteiger partial charge in [-0.2, -0.15) is 0 Å². The van der Waals surface area contributed by atoms with Crippen LogP contribution in [0.5, 0.6) is 0 Å². The first kappa shape index (κ1) is 7.80. The van der Waals surface area contributed by atoms with Gasteiger partial charge >= 0.3 is 0 Å². The topological polar surface area (TPSA) is 52.8 Å². The fraction of sp³-hybridized carbons (Fsp3) is 0.900. The number of aliphatic hydroxyl groups is 1. The molecule has 0 aromatic rings. The molecule has 3 nitrogen and oxygen atoms in total. The van der Waals surface area contributed by atoms with Crippen LogP contribution < -0.4 is 0 Å². The number of hydrogen-bond acceptors (Lipinski definition) is 3. The second-order valence-electron chi connectivity index (χ2n) is 4.89. The van der Waals surface area contributed by atoms with E-state index in [1.54, 1.807) is 0 Å². The highest BCUT2D eigenvalue weighted by Gasteiger charge is 2.51. The quantitative estimate of drug-likeness (QED) is 0.436. The van der Waals surface area contributed by atoms with E-state index >= 15 is 0 Å². The fourth-order valence-corrected chi connectivity index (χ4v) is 3.78. The third-order valence-electron chi connectivity index (χ3n) is 4.24. The summed E-state index contributed by atoms with van der Waals surface area (Å²) in [6, 6.07) is 0. The molecule has 0 unspecified atom stereocenters. The van der Waals surface area contributed by atoms with Crippen LogP contribution in [0.3, 0.4) is 0 Å². The first-order chi connectivity index (χ1) is 6.29. The van der Waals surface area contributed by atoms with E-state index in [0.717, 1.165) is 24.5 Å². The zero-order valence-corrected chi connectivity index (χ0v) is 7.56. The highest BCUT2D eigenvalue weighted by Crippen LogP contribution is 2.52. The Labute approximate surface area is 77.4 Å². The van der Waals surface area contributed by atoms with Crippen molar-refractivity contribution in [1.82, 2.24) is 0 Å². The molecule has 4 aliphatic rings. The van der Waals surface area contributed by atoms with Gasteiger partial charge in [0.25, 0.3) is 0 Å². The van der Waals surface area contributed by atoms with Crippen LogP contribution in [0.2, 0.25) is 0 Å². The lowest BCUT2D eigenvalue weighted by atomic mass is 9.54. The van der Waals surface area contributed by atoms with Crippen molar-refractivity contribution in [3.05, 3.63) is 0 Å². The molecule has 2 N–H and O–H groups in total. The molecule has 4 fully saturated rings. The zero-order valence-electron chi connectivity index (χ0n) is 7.56. The van der Waals surface area contributed by atoms with Crippen LogP contribution in [0.1, 0.15) is 25.7 Å². The van der Waals surface area contributed by atoms with Gasteiger partial charge in [0.2, 0.25) is 0 Å². The fourth-order valence-electron chi connectivity index (χ4n) is 3.78. The molecule has 4 bridgehead atoms. The van der Waals surface area contributed by atoms with E-state index in [9.17, 15) is 5.11 Å². The largest absolute Gasteiger partial charge is 0.411 e. The van der Waals surface area contributed by atoms with Crippen molar-refractivity contribution in [3.63, 3.8) is 0 Å². The van der Waals surface area contributed by atoms with Gasteiger partial charge in [-0.1, -0.05) is 5.16 Å². The molecule has 4 saturated carbocycles. The molecule has 0 heterocycles. The number of nitrogens with zero attached hydrogens (tertiary/aromatic N) is 1. The van der Waals surface area contributed by atoms with Crippen molar-refractivity contribution >= 4 is 5.71 Å². The van der Waals surface area contributed by atoms with Crippen molar-refractivity contribution in [2.45, 2.75) is 31.8 Å². The Hall–Kier alpha value is -0.570. The van der Waals surface area contributed by atoms with E-state index in [-0.39, 0.29) is 12.0 Å². The summed E-state index contributed by atoms with van der Waals surface area (Å²) in [5.41, 5.74) is 0.889. The predicted molar refractivity (Wildman–Crippen MR) is 47.7 cm³/mol. The Morgan fingerprint density at radius 1 is 1.15 bits per heavy atom. The normalized spacial score (nSPS) is 56.1. The minimum absolute atomic E-state index is 0.182. The number of hydrogen-bond donors (Lipinski definition) is 2. The highest BCUT2D eigenvalue weighted by molar-refractivity contribution is 5.90. The summed E-state index contributed by atoms with van der Waals surface area (Å²) >= 11 is 0. The maximum absolute atomic E-state index is 9.94. The van der Waals surface area contributed by atoms with Crippen LogP contribution >= 0.6 is 0 Å². The summed E-state index contributed by atoms with van der Waals surface area (Å²) in [4.78, 5) is 0. The van der Waals surface area contributed by atoms with Crippen LogP contribution in [0.15, 0.2) is 5.16 Å². The molecule has 4 aliphatic carbocycles. The number of rotatable bonds is 0. The van der Waals surface area contributed by atoms with Crippen molar-refractivity contribution < 1.29 is 10.3 Å². The smallest absolute Gasteiger partial charge is 0.0658 e. The molecule has 0 aromatic carbocycles. The Morgan fingerprint density at radius 3 is 2.77 bits per heavy atom. The van der Waals surface area contributed by atoms with Gasteiger partial charge in [0.1, 0.15) is 0 Å². The summed E-state index contributed by atoms with van der Waals surface area (Å²) in [7, 11) is 0. The second-order valence-corrected chi connectivity index (χ2v) is 4.89. The van der Waals surface area contributed by atoms with E-state index in [0.29, 0.717) is 11.8 Å². The molecule has 3 heteroatoms. The number of oxime groups is 1. The zero-order chi connectivity index (χ0) is 9.00. The van der Waals surface area contributed by atoms with E-state index in [2.05, 4.69) is 5.16 Å². The van der Waals surface area contributed by atoms with Crippen LogP contribution in [0.4, 0.5) is 0 Å². The highest BCUT2D eigenvalue weighted by atomic mass is 16.4. The summed E-state index contributed by atoms with van der Waals surface area (Å²) < 4.78 is 0. The first-order valence-corrected chi connectivity index (χ1v) is 5.19. The molecule has 13 heavy (non-hydrogen) atoms. The van der Waals surface area contributed by atoms with Crippen LogP contribution in [0, 0.1) is 23.7 Å². The molecule has 72 valence electrons. The van der Waals surface area contributed by atoms with E-state index < -0.39 is 0 Å². The van der Waals surface area contributed by atoms with Gasteiger partial charge in [-0.3, -0.25) is 0 Å². The molecule has 4 rings (SSSR count). The van der Waals surface area contributed by atoms with Crippen LogP contribution in [-0.2, 0) is 0 Å².